The van der Waals surface area contributed by atoms with E-state index in [1.54, 1.807) is 18.2 Å². The van der Waals surface area contributed by atoms with Gasteiger partial charge < -0.3 is 35.7 Å². The monoisotopic (exact) mass is 541 g/mol. The third-order valence-corrected chi connectivity index (χ3v) is 7.28. The number of methoxy groups -OCH3 is 2. The van der Waals surface area contributed by atoms with Crippen LogP contribution in [0.25, 0.3) is 10.9 Å². The molecule has 4 rings (SSSR count). The molecule has 12 heteroatoms. The Bertz CT molecular complexity index is 1250. The molecule has 1 aromatic heterocycles. The number of hydrogen-bond donors (Lipinski definition) is 5. The Hall–Kier alpha value is -4.09. The van der Waals surface area contributed by atoms with Crippen LogP contribution in [0.5, 0.6) is 11.5 Å². The first-order chi connectivity index (χ1) is 18.8. The zero-order chi connectivity index (χ0) is 27.9. The Labute approximate surface area is 225 Å². The van der Waals surface area contributed by atoms with Crippen molar-refractivity contribution in [2.75, 3.05) is 27.3 Å². The molecule has 1 aliphatic heterocycles. The van der Waals surface area contributed by atoms with Gasteiger partial charge in [0, 0.05) is 36.0 Å². The van der Waals surface area contributed by atoms with E-state index in [0.29, 0.717) is 35.4 Å². The van der Waals surface area contributed by atoms with Gasteiger partial charge in [0.25, 0.3) is 11.8 Å². The smallest absolute Gasteiger partial charge is 0.289 e. The molecule has 210 valence electrons. The number of benzene rings is 1. The molecule has 1 aromatic carbocycles. The summed E-state index contributed by atoms with van der Waals surface area (Å²) in [7, 11) is 3.03. The number of aromatic nitrogens is 1. The van der Waals surface area contributed by atoms with Gasteiger partial charge >= 0.3 is 0 Å². The van der Waals surface area contributed by atoms with Crippen LogP contribution in [0, 0.1) is 5.92 Å². The molecular weight excluding hydrogens is 506 g/mol. The highest BCUT2D eigenvalue weighted by Gasteiger charge is 2.34. The van der Waals surface area contributed by atoms with Crippen molar-refractivity contribution in [2.45, 2.75) is 57.0 Å². The van der Waals surface area contributed by atoms with E-state index in [-0.39, 0.29) is 24.1 Å². The third kappa shape index (κ3) is 6.87. The van der Waals surface area contributed by atoms with Crippen molar-refractivity contribution in [1.29, 1.82) is 0 Å². The number of nitrogens with one attached hydrogen (secondary N) is 5. The van der Waals surface area contributed by atoms with Gasteiger partial charge in [-0.25, -0.2) is 0 Å². The van der Waals surface area contributed by atoms with E-state index in [2.05, 4.69) is 26.3 Å². The Morgan fingerprint density at radius 1 is 1.03 bits per heavy atom. The fraction of sp³-hybridized carbons (Fsp3) is 0.519. The maximum Gasteiger partial charge on any atom is 0.289 e. The summed E-state index contributed by atoms with van der Waals surface area (Å²) in [6.45, 7) is 0.0450. The minimum atomic E-state index is -1.18. The topological polar surface area (TPSA) is 168 Å². The minimum absolute atomic E-state index is 0.00604. The second-order valence-electron chi connectivity index (χ2n) is 9.96. The van der Waals surface area contributed by atoms with Crippen LogP contribution < -0.4 is 30.7 Å². The van der Waals surface area contributed by atoms with Crippen molar-refractivity contribution in [3.05, 3.63) is 23.9 Å². The number of H-pyrrole nitrogens is 1. The van der Waals surface area contributed by atoms with Gasteiger partial charge in [-0.05, 0) is 31.7 Å². The molecule has 2 aromatic rings. The van der Waals surface area contributed by atoms with Crippen molar-refractivity contribution in [2.24, 2.45) is 5.92 Å². The van der Waals surface area contributed by atoms with Crippen LogP contribution >= 0.6 is 0 Å². The average molecular weight is 542 g/mol. The summed E-state index contributed by atoms with van der Waals surface area (Å²) < 4.78 is 10.6. The number of hydrogen-bond acceptors (Lipinski definition) is 7. The normalized spacial score (nSPS) is 18.2. The Kier molecular flexibility index (Phi) is 9.05. The summed E-state index contributed by atoms with van der Waals surface area (Å²) in [5.74, 6) is -2.40. The second-order valence-corrected chi connectivity index (χ2v) is 9.96. The van der Waals surface area contributed by atoms with Gasteiger partial charge in [0.2, 0.25) is 17.6 Å². The first kappa shape index (κ1) is 27.9. The highest BCUT2D eigenvalue weighted by Crippen LogP contribution is 2.31. The maximum atomic E-state index is 13.0. The molecular formula is C27H35N5O7. The number of aromatic amines is 1. The average Bonchev–Trinajstić information content (AvgIpc) is 3.56. The van der Waals surface area contributed by atoms with Crippen molar-refractivity contribution < 1.29 is 33.4 Å². The van der Waals surface area contributed by atoms with Gasteiger partial charge in [-0.1, -0.05) is 19.3 Å². The lowest BCUT2D eigenvalue weighted by atomic mass is 9.93. The van der Waals surface area contributed by atoms with Crippen LogP contribution in [0.3, 0.4) is 0 Å². The highest BCUT2D eigenvalue weighted by atomic mass is 16.5. The predicted octanol–water partition coefficient (Wildman–Crippen LogP) is 0.944. The SMILES string of the molecule is COc1cc(OC)c2cc(C(=O)NCC(=O)NC(CC3CCNC3=O)C(=O)C(=O)NC3CCCCC3)[nH]c2c1. The molecule has 39 heavy (non-hydrogen) atoms. The molecule has 2 aliphatic rings. The van der Waals surface area contributed by atoms with Gasteiger partial charge in [-0.15, -0.1) is 0 Å². The molecule has 5 N–H and O–H groups in total. The lowest BCUT2D eigenvalue weighted by Crippen LogP contribution is -2.52. The fourth-order valence-corrected chi connectivity index (χ4v) is 5.14. The molecule has 1 saturated carbocycles. The number of amides is 4. The van der Waals surface area contributed by atoms with Gasteiger partial charge in [-0.2, -0.15) is 0 Å². The highest BCUT2D eigenvalue weighted by molar-refractivity contribution is 6.38. The first-order valence-corrected chi connectivity index (χ1v) is 13.2. The Morgan fingerprint density at radius 2 is 1.79 bits per heavy atom. The van der Waals surface area contributed by atoms with Crippen molar-refractivity contribution in [3.8, 4) is 11.5 Å². The lowest BCUT2D eigenvalue weighted by Gasteiger charge is -2.24. The lowest BCUT2D eigenvalue weighted by molar-refractivity contribution is -0.141. The van der Waals surface area contributed by atoms with E-state index in [4.69, 9.17) is 9.47 Å². The molecule has 1 aliphatic carbocycles. The van der Waals surface area contributed by atoms with Gasteiger partial charge in [0.05, 0.1) is 32.3 Å². The molecule has 0 bridgehead atoms. The van der Waals surface area contributed by atoms with E-state index in [9.17, 15) is 24.0 Å². The molecule has 0 spiro atoms. The molecule has 12 nitrogen and oxygen atoms in total. The predicted molar refractivity (Wildman–Crippen MR) is 141 cm³/mol. The van der Waals surface area contributed by atoms with Crippen LogP contribution in [-0.4, -0.2) is 73.8 Å². The Balaban J connectivity index is 1.39. The first-order valence-electron chi connectivity index (χ1n) is 13.2. The van der Waals surface area contributed by atoms with Gasteiger partial charge in [0.1, 0.15) is 17.2 Å². The van der Waals surface area contributed by atoms with Gasteiger partial charge in [0.15, 0.2) is 0 Å². The summed E-state index contributed by atoms with van der Waals surface area (Å²) in [5.41, 5.74) is 0.816. The summed E-state index contributed by atoms with van der Waals surface area (Å²) in [4.78, 5) is 66.4. The summed E-state index contributed by atoms with van der Waals surface area (Å²) >= 11 is 0. The van der Waals surface area contributed by atoms with Crippen LogP contribution in [0.15, 0.2) is 18.2 Å². The standard InChI is InChI=1S/C27H35N5O7/c1-38-17-11-19-18(22(12-17)39-2)13-21(31-19)26(36)29-14-23(33)32-20(10-15-8-9-28-25(15)35)24(34)27(37)30-16-6-4-3-5-7-16/h11-13,15-16,20,31H,3-10,14H2,1-2H3,(H,28,35)(H,29,36)(H,30,37)(H,32,33). The number of carbonyl (C=O) groups excluding carboxylic acids is 5. The molecule has 1 saturated heterocycles. The number of fused-ring (bicyclic) bond motifs is 1. The number of Topliss-reactive ketones (excluding diaryl/α,β-unsaturated/α-hetero) is 1. The number of ketones is 1. The van der Waals surface area contributed by atoms with Gasteiger partial charge in [-0.3, -0.25) is 24.0 Å². The number of ether oxygens (including phenoxy) is 2. The van der Waals surface area contributed by atoms with E-state index in [1.165, 1.54) is 14.2 Å². The van der Waals surface area contributed by atoms with E-state index >= 15 is 0 Å². The molecule has 0 radical (unpaired) electrons. The number of rotatable bonds is 11. The van der Waals surface area contributed by atoms with E-state index < -0.39 is 42.0 Å². The van der Waals surface area contributed by atoms with Crippen LogP contribution in [-0.2, 0) is 19.2 Å². The number of carbonyl (C=O) groups is 5. The molecule has 2 unspecified atom stereocenters. The van der Waals surface area contributed by atoms with Crippen molar-refractivity contribution >= 4 is 40.3 Å². The third-order valence-electron chi connectivity index (χ3n) is 7.28. The second kappa shape index (κ2) is 12.6. The van der Waals surface area contributed by atoms with Crippen molar-refractivity contribution in [1.82, 2.24) is 26.3 Å². The molecule has 2 fully saturated rings. The van der Waals surface area contributed by atoms with E-state index in [0.717, 1.165) is 32.1 Å². The zero-order valence-electron chi connectivity index (χ0n) is 22.2. The van der Waals surface area contributed by atoms with Crippen LogP contribution in [0.2, 0.25) is 0 Å². The van der Waals surface area contributed by atoms with E-state index in [1.807, 2.05) is 0 Å². The minimum Gasteiger partial charge on any atom is -0.497 e. The molecule has 2 heterocycles. The maximum absolute atomic E-state index is 13.0. The summed E-state index contributed by atoms with van der Waals surface area (Å²) in [5, 5.41) is 11.2. The van der Waals surface area contributed by atoms with Crippen LogP contribution in [0.4, 0.5) is 0 Å². The van der Waals surface area contributed by atoms with Crippen LogP contribution in [0.1, 0.15) is 55.4 Å². The molecule has 2 atom stereocenters. The fourth-order valence-electron chi connectivity index (χ4n) is 5.14. The Morgan fingerprint density at radius 3 is 2.46 bits per heavy atom. The summed E-state index contributed by atoms with van der Waals surface area (Å²) in [6, 6.07) is 3.75. The largest absolute Gasteiger partial charge is 0.497 e. The zero-order valence-corrected chi connectivity index (χ0v) is 22.2. The molecule has 4 amide bonds. The van der Waals surface area contributed by atoms with Crippen molar-refractivity contribution in [3.63, 3.8) is 0 Å². The summed E-state index contributed by atoms with van der Waals surface area (Å²) in [6.07, 6.45) is 5.19. The quantitative estimate of drug-likeness (QED) is 0.264.